The van der Waals surface area contributed by atoms with Crippen LogP contribution in [0.15, 0.2) is 12.2 Å². The second-order valence-electron chi connectivity index (χ2n) is 14.3. The summed E-state index contributed by atoms with van der Waals surface area (Å²) in [4.78, 5) is 25.9. The molecule has 0 aliphatic heterocycles. The molecule has 0 amide bonds. The Morgan fingerprint density at radius 1 is 0.879 bits per heavy atom. The number of rotatable bonds is 2. The third kappa shape index (κ3) is 2.80. The second-order valence-corrected chi connectivity index (χ2v) is 14.6. The van der Waals surface area contributed by atoms with Crippen LogP contribution in [0.3, 0.4) is 0 Å². The third-order valence-corrected chi connectivity index (χ3v) is 13.6. The molecule has 2 nitrogen and oxygen atoms in total. The maximum absolute atomic E-state index is 13.0. The van der Waals surface area contributed by atoms with Crippen molar-refractivity contribution in [2.45, 2.75) is 106 Å². The first-order valence-electron chi connectivity index (χ1n) is 13.6. The van der Waals surface area contributed by atoms with Crippen molar-refractivity contribution < 1.29 is 9.59 Å². The largest absolute Gasteiger partial charge is 0.299 e. The fraction of sp³-hybridized carbons (Fsp3) is 0.867. The van der Waals surface area contributed by atoms with Gasteiger partial charge in [0.1, 0.15) is 5.78 Å². The van der Waals surface area contributed by atoms with E-state index in [0.717, 1.165) is 38.5 Å². The SMILES string of the molecule is C=C(C)[C@@H]1CC[C@]2(C(=O)Cl)CC[C@]3(C)C(CC[C@@H]4[C@@]5(C)CCC(=O)C(C)(C)C5CC[C@]43C)[C@@H]12. The van der Waals surface area contributed by atoms with Crippen LogP contribution in [0.2, 0.25) is 0 Å². The number of carbonyl (C=O) groups is 2. The first-order valence-corrected chi connectivity index (χ1v) is 14.0. The highest BCUT2D eigenvalue weighted by Crippen LogP contribution is 2.77. The lowest BCUT2D eigenvalue weighted by atomic mass is 9.32. The lowest BCUT2D eigenvalue weighted by Crippen LogP contribution is -2.66. The molecule has 3 heteroatoms. The van der Waals surface area contributed by atoms with E-state index in [1.807, 2.05) is 0 Å². The van der Waals surface area contributed by atoms with Gasteiger partial charge in [0, 0.05) is 17.3 Å². The lowest BCUT2D eigenvalue weighted by Gasteiger charge is -2.72. The Bertz CT molecular complexity index is 905. The molecule has 0 aromatic rings. The van der Waals surface area contributed by atoms with Gasteiger partial charge in [-0.2, -0.15) is 0 Å². The van der Waals surface area contributed by atoms with Gasteiger partial charge in [-0.25, -0.2) is 0 Å². The minimum atomic E-state index is -0.334. The highest BCUT2D eigenvalue weighted by atomic mass is 35.5. The van der Waals surface area contributed by atoms with Crippen molar-refractivity contribution in [3.05, 3.63) is 12.2 Å². The van der Waals surface area contributed by atoms with Gasteiger partial charge in [0.2, 0.25) is 5.24 Å². The van der Waals surface area contributed by atoms with E-state index in [0.29, 0.717) is 35.4 Å². The molecule has 5 saturated carbocycles. The molecule has 5 aliphatic carbocycles. The molecule has 5 aliphatic rings. The zero-order valence-electron chi connectivity index (χ0n) is 21.9. The summed E-state index contributed by atoms with van der Waals surface area (Å²) in [7, 11) is 0. The Kier molecular flexibility index (Phi) is 5.26. The Morgan fingerprint density at radius 2 is 1.58 bits per heavy atom. The first kappa shape index (κ1) is 24.1. The topological polar surface area (TPSA) is 34.1 Å². The van der Waals surface area contributed by atoms with Gasteiger partial charge in [-0.3, -0.25) is 9.59 Å². The van der Waals surface area contributed by atoms with Crippen molar-refractivity contribution in [2.75, 3.05) is 0 Å². The molecular weight excluding hydrogens is 428 g/mol. The number of Topliss-reactive ketones (excluding diaryl/α,β-unsaturated/α-hetero) is 1. The molecule has 0 saturated heterocycles. The van der Waals surface area contributed by atoms with E-state index in [9.17, 15) is 9.59 Å². The molecule has 9 atom stereocenters. The fourth-order valence-corrected chi connectivity index (χ4v) is 11.6. The molecule has 5 rings (SSSR count). The number of ketones is 1. The van der Waals surface area contributed by atoms with Gasteiger partial charge in [-0.1, -0.05) is 46.8 Å². The Balaban J connectivity index is 1.57. The van der Waals surface area contributed by atoms with Crippen LogP contribution in [0.4, 0.5) is 0 Å². The first-order chi connectivity index (χ1) is 15.3. The molecule has 0 spiro atoms. The van der Waals surface area contributed by atoms with Gasteiger partial charge in [0.25, 0.3) is 0 Å². The minimum Gasteiger partial charge on any atom is -0.299 e. The molecule has 0 heterocycles. The Labute approximate surface area is 206 Å². The van der Waals surface area contributed by atoms with E-state index in [1.54, 1.807) is 0 Å². The quantitative estimate of drug-likeness (QED) is 0.301. The second kappa shape index (κ2) is 7.21. The average molecular weight is 473 g/mol. The zero-order chi connectivity index (χ0) is 24.2. The zero-order valence-corrected chi connectivity index (χ0v) is 22.6. The van der Waals surface area contributed by atoms with E-state index in [4.69, 9.17) is 11.6 Å². The van der Waals surface area contributed by atoms with Crippen molar-refractivity contribution in [2.24, 2.45) is 56.7 Å². The van der Waals surface area contributed by atoms with Crippen molar-refractivity contribution in [1.29, 1.82) is 0 Å². The number of fused-ring (bicyclic) bond motifs is 7. The van der Waals surface area contributed by atoms with Gasteiger partial charge in [-0.05, 0) is 122 Å². The van der Waals surface area contributed by atoms with E-state index in [2.05, 4.69) is 48.1 Å². The van der Waals surface area contributed by atoms with Gasteiger partial charge >= 0.3 is 0 Å². The summed E-state index contributed by atoms with van der Waals surface area (Å²) in [6.45, 7) is 18.7. The number of allylic oxidation sites excluding steroid dienone is 1. The third-order valence-electron chi connectivity index (χ3n) is 13.2. The van der Waals surface area contributed by atoms with Crippen LogP contribution in [-0.2, 0) is 9.59 Å². The van der Waals surface area contributed by atoms with Crippen LogP contribution in [0.5, 0.6) is 0 Å². The molecule has 0 radical (unpaired) electrons. The summed E-state index contributed by atoms with van der Waals surface area (Å²) >= 11 is 6.42. The number of halogens is 1. The maximum Gasteiger partial charge on any atom is 0.228 e. The molecule has 5 fully saturated rings. The van der Waals surface area contributed by atoms with E-state index < -0.39 is 0 Å². The standard InChI is InChI=1S/C30H45ClO2/c1-18(2)19-10-15-30(25(31)33)17-16-28(6)20(24(19)30)8-9-22-27(5)13-12-23(32)26(3,4)21(27)11-14-29(22,28)7/h19-22,24H,1,8-17H2,2-7H3/t19-,20?,21?,22+,24+,27-,28+,29+,30-/m0/s1. The molecule has 33 heavy (non-hydrogen) atoms. The van der Waals surface area contributed by atoms with Crippen LogP contribution < -0.4 is 0 Å². The van der Waals surface area contributed by atoms with Crippen molar-refractivity contribution in [1.82, 2.24) is 0 Å². The van der Waals surface area contributed by atoms with Crippen molar-refractivity contribution in [3.8, 4) is 0 Å². The normalized spacial score (nSPS) is 52.8. The molecular formula is C30H45ClO2. The molecule has 2 unspecified atom stereocenters. The highest BCUT2D eigenvalue weighted by Gasteiger charge is 2.71. The van der Waals surface area contributed by atoms with E-state index in [-0.39, 0.29) is 32.3 Å². The summed E-state index contributed by atoms with van der Waals surface area (Å²) < 4.78 is 0. The summed E-state index contributed by atoms with van der Waals surface area (Å²) in [5, 5.41) is -0.0752. The van der Waals surface area contributed by atoms with Crippen LogP contribution in [0.1, 0.15) is 106 Å². The monoisotopic (exact) mass is 472 g/mol. The predicted molar refractivity (Wildman–Crippen MR) is 135 cm³/mol. The highest BCUT2D eigenvalue weighted by molar-refractivity contribution is 6.64. The smallest absolute Gasteiger partial charge is 0.228 e. The van der Waals surface area contributed by atoms with E-state index in [1.165, 1.54) is 31.3 Å². The summed E-state index contributed by atoms with van der Waals surface area (Å²) in [6, 6.07) is 0. The summed E-state index contributed by atoms with van der Waals surface area (Å²) in [5.74, 6) is 2.94. The van der Waals surface area contributed by atoms with Crippen LogP contribution >= 0.6 is 11.6 Å². The Hall–Kier alpha value is -0.630. The average Bonchev–Trinajstić information content (AvgIpc) is 3.13. The van der Waals surface area contributed by atoms with Crippen molar-refractivity contribution in [3.63, 3.8) is 0 Å². The van der Waals surface area contributed by atoms with Crippen LogP contribution in [0, 0.1) is 56.7 Å². The molecule has 0 N–H and O–H groups in total. The van der Waals surface area contributed by atoms with Crippen molar-refractivity contribution >= 4 is 22.6 Å². The lowest BCUT2D eigenvalue weighted by molar-refractivity contribution is -0.231. The molecule has 0 aromatic heterocycles. The Morgan fingerprint density at radius 3 is 2.21 bits per heavy atom. The fourth-order valence-electron chi connectivity index (χ4n) is 11.3. The maximum atomic E-state index is 13.0. The number of hydrogen-bond donors (Lipinski definition) is 0. The predicted octanol–water partition coefficient (Wildman–Crippen LogP) is 7.98. The molecule has 0 aromatic carbocycles. The number of hydrogen-bond acceptors (Lipinski definition) is 2. The molecule has 184 valence electrons. The van der Waals surface area contributed by atoms with Gasteiger partial charge in [0.05, 0.1) is 0 Å². The van der Waals surface area contributed by atoms with Crippen LogP contribution in [0.25, 0.3) is 0 Å². The van der Waals surface area contributed by atoms with Gasteiger partial charge < -0.3 is 0 Å². The molecule has 0 bridgehead atoms. The minimum absolute atomic E-state index is 0.0752. The van der Waals surface area contributed by atoms with Gasteiger partial charge in [0.15, 0.2) is 0 Å². The summed E-state index contributed by atoms with van der Waals surface area (Å²) in [5.41, 5.74) is 1.42. The number of carbonyl (C=O) groups excluding carboxylic acids is 2. The van der Waals surface area contributed by atoms with E-state index >= 15 is 0 Å². The van der Waals surface area contributed by atoms with Gasteiger partial charge in [-0.15, -0.1) is 0 Å². The van der Waals surface area contributed by atoms with Crippen LogP contribution in [-0.4, -0.2) is 11.0 Å². The summed E-state index contributed by atoms with van der Waals surface area (Å²) in [6.07, 6.45) is 10.7.